The Morgan fingerprint density at radius 1 is 1.16 bits per heavy atom. The number of aromatic nitrogens is 1. The number of hydrogen-bond donors (Lipinski definition) is 3. The van der Waals surface area contributed by atoms with E-state index in [2.05, 4.69) is 4.98 Å². The van der Waals surface area contributed by atoms with Gasteiger partial charge in [-0.2, -0.15) is 11.8 Å². The summed E-state index contributed by atoms with van der Waals surface area (Å²) < 4.78 is 11.4. The summed E-state index contributed by atoms with van der Waals surface area (Å²) in [4.78, 5) is 5.41. The van der Waals surface area contributed by atoms with Crippen LogP contribution >= 0.6 is 34.7 Å². The van der Waals surface area contributed by atoms with Gasteiger partial charge in [-0.3, -0.25) is 0 Å². The average Bonchev–Trinajstić information content (AvgIpc) is 3.45. The van der Waals surface area contributed by atoms with Gasteiger partial charge >= 0.3 is 0 Å². The molecule has 0 saturated carbocycles. The number of hydrogen-bond acceptors (Lipinski definition) is 8. The quantitative estimate of drug-likeness (QED) is 0.470. The Balaban J connectivity index is 1.55. The molecule has 0 aliphatic carbocycles. The van der Waals surface area contributed by atoms with Crippen molar-refractivity contribution in [1.29, 1.82) is 0 Å². The van der Waals surface area contributed by atoms with E-state index in [1.165, 1.54) is 11.3 Å². The minimum Gasteiger partial charge on any atom is -0.463 e. The Morgan fingerprint density at radius 3 is 2.74 bits per heavy atom. The minimum absolute atomic E-state index is 0.515. The number of thiazole rings is 1. The van der Waals surface area contributed by atoms with Crippen LogP contribution < -0.4 is 0 Å². The lowest BCUT2D eigenvalue weighted by atomic mass is 9.90. The topological polar surface area (TPSA) is 96.0 Å². The summed E-state index contributed by atoms with van der Waals surface area (Å²) in [5.41, 5.74) is 1.54. The number of halogens is 1. The van der Waals surface area contributed by atoms with Crippen molar-refractivity contribution in [3.8, 4) is 10.6 Å². The number of aliphatic hydroxyl groups excluding tert-OH is 3. The predicted molar refractivity (Wildman–Crippen MR) is 123 cm³/mol. The fourth-order valence-electron chi connectivity index (χ4n) is 3.59. The van der Waals surface area contributed by atoms with E-state index in [9.17, 15) is 15.3 Å². The van der Waals surface area contributed by atoms with Crippen LogP contribution in [0.2, 0.25) is 5.02 Å². The predicted octanol–water partition coefficient (Wildman–Crippen LogP) is 3.92. The molecule has 1 aliphatic rings. The Labute approximate surface area is 193 Å². The van der Waals surface area contributed by atoms with Gasteiger partial charge < -0.3 is 24.5 Å². The summed E-state index contributed by atoms with van der Waals surface area (Å²) >= 11 is 9.58. The third kappa shape index (κ3) is 5.01. The largest absolute Gasteiger partial charge is 0.463 e. The van der Waals surface area contributed by atoms with Crippen molar-refractivity contribution in [2.45, 2.75) is 43.9 Å². The van der Waals surface area contributed by atoms with Crippen LogP contribution in [-0.4, -0.2) is 56.2 Å². The molecular weight excluding hydrogens is 458 g/mol. The molecule has 0 bridgehead atoms. The fourth-order valence-corrected chi connectivity index (χ4v) is 5.43. The van der Waals surface area contributed by atoms with Gasteiger partial charge in [-0.05, 0) is 35.1 Å². The normalized spacial score (nSPS) is 26.3. The van der Waals surface area contributed by atoms with Crippen LogP contribution in [0.5, 0.6) is 0 Å². The Morgan fingerprint density at radius 2 is 2.00 bits per heavy atom. The first kappa shape index (κ1) is 22.8. The smallest absolute Gasteiger partial charge is 0.145 e. The van der Waals surface area contributed by atoms with E-state index < -0.39 is 30.5 Å². The first-order valence-corrected chi connectivity index (χ1v) is 12.4. The van der Waals surface area contributed by atoms with Crippen LogP contribution in [0.25, 0.3) is 10.6 Å². The van der Waals surface area contributed by atoms with Gasteiger partial charge in [-0.25, -0.2) is 4.98 Å². The summed E-state index contributed by atoms with van der Waals surface area (Å²) in [5.74, 6) is 2.17. The van der Waals surface area contributed by atoms with Crippen molar-refractivity contribution < 1.29 is 24.5 Å². The number of nitrogens with zero attached hydrogens (tertiary/aromatic N) is 1. The monoisotopic (exact) mass is 481 g/mol. The van der Waals surface area contributed by atoms with Crippen LogP contribution in [0.15, 0.2) is 47.2 Å². The van der Waals surface area contributed by atoms with Gasteiger partial charge in [0.15, 0.2) is 0 Å². The van der Waals surface area contributed by atoms with Crippen molar-refractivity contribution in [3.05, 3.63) is 63.9 Å². The van der Waals surface area contributed by atoms with Crippen molar-refractivity contribution in [2.75, 3.05) is 11.5 Å². The van der Waals surface area contributed by atoms with E-state index in [0.29, 0.717) is 22.8 Å². The van der Waals surface area contributed by atoms with Crippen molar-refractivity contribution >= 4 is 34.7 Å². The van der Waals surface area contributed by atoms with Gasteiger partial charge in [-0.15, -0.1) is 11.3 Å². The Bertz CT molecular complexity index is 996. The van der Waals surface area contributed by atoms with E-state index in [0.717, 1.165) is 27.0 Å². The van der Waals surface area contributed by atoms with E-state index in [1.54, 1.807) is 36.4 Å². The second kappa shape index (κ2) is 10.0. The third-order valence-corrected chi connectivity index (χ3v) is 7.61. The molecule has 4 rings (SSSR count). The molecule has 5 atom stereocenters. The molecule has 3 heterocycles. The molecule has 6 nitrogen and oxygen atoms in total. The molecular formula is C22H24ClNO5S2. The zero-order valence-electron chi connectivity index (χ0n) is 16.8. The van der Waals surface area contributed by atoms with Crippen LogP contribution in [0.3, 0.4) is 0 Å². The van der Waals surface area contributed by atoms with E-state index in [1.807, 2.05) is 25.1 Å². The first-order chi connectivity index (χ1) is 15.0. The lowest BCUT2D eigenvalue weighted by Gasteiger charge is -2.41. The number of benzene rings is 1. The minimum atomic E-state index is -1.28. The van der Waals surface area contributed by atoms with E-state index in [-0.39, 0.29) is 0 Å². The lowest BCUT2D eigenvalue weighted by molar-refractivity contribution is -0.218. The zero-order valence-corrected chi connectivity index (χ0v) is 19.2. The standard InChI is InChI=1S/C22H24ClNO5S2/c1-2-30-11-16-19(25)20(26)21(27)22(29-16)12-5-6-14(23)13(8-12)9-18-24-10-17(31-18)15-4-3-7-28-15/h3-8,10,16,19-22,25-27H,2,9,11H2,1H3/t16-,19-,20+,21-,22+/m1/s1. The van der Waals surface area contributed by atoms with Gasteiger partial charge in [0.05, 0.1) is 22.3 Å². The number of thioether (sulfide) groups is 1. The van der Waals surface area contributed by atoms with E-state index in [4.69, 9.17) is 20.8 Å². The fraction of sp³-hybridized carbons (Fsp3) is 0.409. The summed E-state index contributed by atoms with van der Waals surface area (Å²) in [7, 11) is 0. The highest BCUT2D eigenvalue weighted by atomic mass is 35.5. The summed E-state index contributed by atoms with van der Waals surface area (Å²) in [5, 5.41) is 32.7. The number of furan rings is 1. The van der Waals surface area contributed by atoms with Crippen LogP contribution in [0.4, 0.5) is 0 Å². The SMILES string of the molecule is CCSC[C@H]1O[C@@H](c2ccc(Cl)c(Cc3ncc(-c4ccco4)s3)c2)[C@H](O)[C@@H](O)[C@@H]1O. The van der Waals surface area contributed by atoms with Gasteiger partial charge in [0.25, 0.3) is 0 Å². The highest BCUT2D eigenvalue weighted by Crippen LogP contribution is 2.36. The zero-order chi connectivity index (χ0) is 22.0. The molecule has 0 radical (unpaired) electrons. The number of ether oxygens (including phenoxy) is 1. The van der Waals surface area contributed by atoms with Gasteiger partial charge in [0, 0.05) is 23.4 Å². The molecule has 31 heavy (non-hydrogen) atoms. The number of aliphatic hydroxyl groups is 3. The molecule has 1 aliphatic heterocycles. The molecule has 1 saturated heterocycles. The Kier molecular flexibility index (Phi) is 7.38. The maximum atomic E-state index is 10.6. The highest BCUT2D eigenvalue weighted by Gasteiger charge is 2.44. The second-order valence-electron chi connectivity index (χ2n) is 7.35. The third-order valence-electron chi connectivity index (χ3n) is 5.26. The summed E-state index contributed by atoms with van der Waals surface area (Å²) in [6, 6.07) is 9.14. The first-order valence-electron chi connectivity index (χ1n) is 10.0. The number of rotatable bonds is 7. The molecule has 3 aromatic rings. The van der Waals surface area contributed by atoms with Crippen LogP contribution in [0, 0.1) is 0 Å². The molecule has 1 fully saturated rings. The van der Waals surface area contributed by atoms with Crippen molar-refractivity contribution in [1.82, 2.24) is 4.98 Å². The molecule has 0 spiro atoms. The molecule has 0 unspecified atom stereocenters. The maximum absolute atomic E-state index is 10.6. The van der Waals surface area contributed by atoms with Gasteiger partial charge in [0.2, 0.25) is 0 Å². The van der Waals surface area contributed by atoms with Crippen LogP contribution in [0.1, 0.15) is 29.2 Å². The lowest BCUT2D eigenvalue weighted by Crippen LogP contribution is -2.54. The van der Waals surface area contributed by atoms with Gasteiger partial charge in [-0.1, -0.05) is 30.7 Å². The maximum Gasteiger partial charge on any atom is 0.145 e. The molecule has 9 heteroatoms. The molecule has 3 N–H and O–H groups in total. The van der Waals surface area contributed by atoms with Gasteiger partial charge in [0.1, 0.15) is 30.2 Å². The van der Waals surface area contributed by atoms with Crippen molar-refractivity contribution in [2.24, 2.45) is 0 Å². The Hall–Kier alpha value is -1.39. The second-order valence-corrected chi connectivity index (χ2v) is 10.2. The van der Waals surface area contributed by atoms with Crippen molar-refractivity contribution in [3.63, 3.8) is 0 Å². The molecule has 166 valence electrons. The van der Waals surface area contributed by atoms with E-state index >= 15 is 0 Å². The average molecular weight is 482 g/mol. The molecule has 0 amide bonds. The van der Waals surface area contributed by atoms with Crippen LogP contribution in [-0.2, 0) is 11.2 Å². The molecule has 1 aromatic carbocycles. The summed E-state index contributed by atoms with van der Waals surface area (Å²) in [6.07, 6.45) is -1.06. The molecule has 2 aromatic heterocycles. The summed E-state index contributed by atoms with van der Waals surface area (Å²) in [6.45, 7) is 2.02. The highest BCUT2D eigenvalue weighted by molar-refractivity contribution is 7.99.